The molecular weight excluding hydrogens is 331 g/mol. The number of hydrogen-bond acceptors (Lipinski definition) is 3. The zero-order valence-corrected chi connectivity index (χ0v) is 13.4. The van der Waals surface area contributed by atoms with Crippen LogP contribution in [0.1, 0.15) is 15.9 Å². The molecule has 1 N–H and O–H groups in total. The van der Waals surface area contributed by atoms with E-state index in [0.717, 1.165) is 16.2 Å². The molecule has 21 heavy (non-hydrogen) atoms. The average molecular weight is 343 g/mol. The number of benzene rings is 2. The Hall–Kier alpha value is -1.36. The fraction of sp³-hybridized carbons (Fsp3) is 0.133. The van der Waals surface area contributed by atoms with Crippen molar-refractivity contribution in [1.29, 1.82) is 0 Å². The lowest BCUT2D eigenvalue weighted by atomic mass is 10.2. The highest BCUT2D eigenvalue weighted by molar-refractivity contribution is 7.98. The number of aromatic carboxylic acids is 1. The van der Waals surface area contributed by atoms with Crippen molar-refractivity contribution in [3.05, 3.63) is 57.6 Å². The summed E-state index contributed by atoms with van der Waals surface area (Å²) in [4.78, 5) is 11.9. The standard InChI is InChI=1S/C15H12Cl2O3S/c1-20-14-5-2-10(16)6-9(14)8-21-11-3-4-13(17)12(7-11)15(18)19/h2-7H,8H2,1H3,(H,18,19). The molecule has 0 amide bonds. The third-order valence-corrected chi connectivity index (χ3v) is 4.41. The van der Waals surface area contributed by atoms with Crippen molar-refractivity contribution in [3.63, 3.8) is 0 Å². The second-order valence-corrected chi connectivity index (χ2v) is 6.08. The summed E-state index contributed by atoms with van der Waals surface area (Å²) in [5.41, 5.74) is 1.04. The molecule has 3 nitrogen and oxygen atoms in total. The number of carboxylic acids is 1. The number of methoxy groups -OCH3 is 1. The van der Waals surface area contributed by atoms with Gasteiger partial charge in [-0.15, -0.1) is 11.8 Å². The Balaban J connectivity index is 2.19. The molecule has 0 atom stereocenters. The van der Waals surface area contributed by atoms with Gasteiger partial charge in [0.2, 0.25) is 0 Å². The Morgan fingerprint density at radius 2 is 2.00 bits per heavy atom. The van der Waals surface area contributed by atoms with Crippen LogP contribution in [0.4, 0.5) is 0 Å². The molecule has 0 radical (unpaired) electrons. The van der Waals surface area contributed by atoms with Gasteiger partial charge in [0.15, 0.2) is 0 Å². The van der Waals surface area contributed by atoms with E-state index in [9.17, 15) is 4.79 Å². The first kappa shape index (κ1) is 16.0. The molecule has 0 heterocycles. The van der Waals surface area contributed by atoms with Crippen molar-refractivity contribution in [2.24, 2.45) is 0 Å². The van der Waals surface area contributed by atoms with E-state index in [-0.39, 0.29) is 10.6 Å². The average Bonchev–Trinajstić information content (AvgIpc) is 2.46. The molecule has 2 aromatic rings. The lowest BCUT2D eigenvalue weighted by Gasteiger charge is -2.09. The molecule has 0 bridgehead atoms. The van der Waals surface area contributed by atoms with Gasteiger partial charge in [-0.25, -0.2) is 4.79 Å². The lowest BCUT2D eigenvalue weighted by molar-refractivity contribution is 0.0697. The summed E-state index contributed by atoms with van der Waals surface area (Å²) in [6.07, 6.45) is 0. The minimum Gasteiger partial charge on any atom is -0.496 e. The number of carbonyl (C=O) groups is 1. The SMILES string of the molecule is COc1ccc(Cl)cc1CSc1ccc(Cl)c(C(=O)O)c1. The highest BCUT2D eigenvalue weighted by Crippen LogP contribution is 2.31. The fourth-order valence-electron chi connectivity index (χ4n) is 1.78. The Morgan fingerprint density at radius 1 is 1.24 bits per heavy atom. The molecule has 0 saturated heterocycles. The number of rotatable bonds is 5. The molecular formula is C15H12Cl2O3S. The predicted molar refractivity (Wildman–Crippen MR) is 86.0 cm³/mol. The summed E-state index contributed by atoms with van der Waals surface area (Å²) in [6.45, 7) is 0. The van der Waals surface area contributed by atoms with Crippen LogP contribution >= 0.6 is 35.0 Å². The number of carboxylic acid groups (broad SMARTS) is 1. The monoisotopic (exact) mass is 342 g/mol. The van der Waals surface area contributed by atoms with E-state index in [1.54, 1.807) is 31.4 Å². The van der Waals surface area contributed by atoms with Gasteiger partial charge in [0, 0.05) is 21.2 Å². The summed E-state index contributed by atoms with van der Waals surface area (Å²) in [7, 11) is 1.60. The van der Waals surface area contributed by atoms with Gasteiger partial charge in [-0.3, -0.25) is 0 Å². The van der Waals surface area contributed by atoms with E-state index in [1.807, 2.05) is 12.1 Å². The fourth-order valence-corrected chi connectivity index (χ4v) is 3.09. The van der Waals surface area contributed by atoms with E-state index < -0.39 is 5.97 Å². The summed E-state index contributed by atoms with van der Waals surface area (Å²) in [5, 5.41) is 9.92. The maximum Gasteiger partial charge on any atom is 0.337 e. The van der Waals surface area contributed by atoms with Gasteiger partial charge in [-0.2, -0.15) is 0 Å². The van der Waals surface area contributed by atoms with Crippen LogP contribution in [0.3, 0.4) is 0 Å². The van der Waals surface area contributed by atoms with Crippen LogP contribution in [-0.4, -0.2) is 18.2 Å². The van der Waals surface area contributed by atoms with Gasteiger partial charge >= 0.3 is 5.97 Å². The van der Waals surface area contributed by atoms with Gasteiger partial charge in [-0.1, -0.05) is 23.2 Å². The van der Waals surface area contributed by atoms with Crippen molar-refractivity contribution in [2.75, 3.05) is 7.11 Å². The first-order valence-corrected chi connectivity index (χ1v) is 7.73. The quantitative estimate of drug-likeness (QED) is 0.777. The van der Waals surface area contributed by atoms with E-state index in [0.29, 0.717) is 10.8 Å². The normalized spacial score (nSPS) is 10.4. The first-order chi connectivity index (χ1) is 10.0. The number of hydrogen-bond donors (Lipinski definition) is 1. The number of ether oxygens (including phenoxy) is 1. The predicted octanol–water partition coefficient (Wildman–Crippen LogP) is 4.99. The topological polar surface area (TPSA) is 46.5 Å². The van der Waals surface area contributed by atoms with Crippen molar-refractivity contribution in [2.45, 2.75) is 10.6 Å². The summed E-state index contributed by atoms with van der Waals surface area (Å²) in [5.74, 6) is 0.326. The van der Waals surface area contributed by atoms with E-state index >= 15 is 0 Å². The van der Waals surface area contributed by atoms with Crippen molar-refractivity contribution in [3.8, 4) is 5.75 Å². The zero-order valence-electron chi connectivity index (χ0n) is 11.1. The zero-order chi connectivity index (χ0) is 15.4. The van der Waals surface area contributed by atoms with Crippen LogP contribution in [0, 0.1) is 0 Å². The highest BCUT2D eigenvalue weighted by Gasteiger charge is 2.10. The Bertz CT molecular complexity index is 674. The number of halogens is 2. The van der Waals surface area contributed by atoms with Crippen LogP contribution in [-0.2, 0) is 5.75 Å². The number of thioether (sulfide) groups is 1. The van der Waals surface area contributed by atoms with Crippen LogP contribution in [0.25, 0.3) is 0 Å². The first-order valence-electron chi connectivity index (χ1n) is 5.99. The minimum absolute atomic E-state index is 0.0970. The molecule has 2 rings (SSSR count). The van der Waals surface area contributed by atoms with Crippen LogP contribution in [0.2, 0.25) is 10.0 Å². The highest BCUT2D eigenvalue weighted by atomic mass is 35.5. The van der Waals surface area contributed by atoms with Crippen molar-refractivity contribution < 1.29 is 14.6 Å². The molecule has 2 aromatic carbocycles. The summed E-state index contributed by atoms with van der Waals surface area (Å²) in [6, 6.07) is 10.3. The van der Waals surface area contributed by atoms with E-state index in [1.165, 1.54) is 11.8 Å². The van der Waals surface area contributed by atoms with Crippen molar-refractivity contribution in [1.82, 2.24) is 0 Å². The Labute approximate surface area is 136 Å². The van der Waals surface area contributed by atoms with Gasteiger partial charge in [-0.05, 0) is 36.4 Å². The maximum absolute atomic E-state index is 11.1. The molecule has 0 unspecified atom stereocenters. The second kappa shape index (κ2) is 7.07. The van der Waals surface area contributed by atoms with E-state index in [2.05, 4.69) is 0 Å². The summed E-state index contributed by atoms with van der Waals surface area (Å²) < 4.78 is 5.28. The molecule has 0 aliphatic heterocycles. The molecule has 0 aliphatic rings. The van der Waals surface area contributed by atoms with Gasteiger partial charge in [0.05, 0.1) is 17.7 Å². The summed E-state index contributed by atoms with van der Waals surface area (Å²) >= 11 is 13.3. The molecule has 0 spiro atoms. The van der Waals surface area contributed by atoms with Gasteiger partial charge in [0.25, 0.3) is 0 Å². The lowest BCUT2D eigenvalue weighted by Crippen LogP contribution is -1.97. The van der Waals surface area contributed by atoms with Gasteiger partial charge < -0.3 is 9.84 Å². The van der Waals surface area contributed by atoms with Crippen LogP contribution < -0.4 is 4.74 Å². The van der Waals surface area contributed by atoms with Crippen molar-refractivity contribution >= 4 is 40.9 Å². The van der Waals surface area contributed by atoms with Crippen LogP contribution in [0.5, 0.6) is 5.75 Å². The van der Waals surface area contributed by atoms with E-state index in [4.69, 9.17) is 33.0 Å². The van der Waals surface area contributed by atoms with Gasteiger partial charge in [0.1, 0.15) is 5.75 Å². The molecule has 0 saturated carbocycles. The largest absolute Gasteiger partial charge is 0.496 e. The van der Waals surface area contributed by atoms with Crippen LogP contribution in [0.15, 0.2) is 41.3 Å². The minimum atomic E-state index is -1.04. The molecule has 6 heteroatoms. The second-order valence-electron chi connectivity index (χ2n) is 4.19. The molecule has 0 aromatic heterocycles. The molecule has 0 aliphatic carbocycles. The maximum atomic E-state index is 11.1. The third-order valence-electron chi connectivity index (χ3n) is 2.81. The molecule has 110 valence electrons. The smallest absolute Gasteiger partial charge is 0.337 e. The third kappa shape index (κ3) is 4.06. The Morgan fingerprint density at radius 3 is 2.67 bits per heavy atom. The Kier molecular flexibility index (Phi) is 5.39. The molecule has 0 fully saturated rings.